The van der Waals surface area contributed by atoms with E-state index in [9.17, 15) is 23.9 Å². The van der Waals surface area contributed by atoms with E-state index in [0.717, 1.165) is 6.42 Å². The van der Waals surface area contributed by atoms with Gasteiger partial charge < -0.3 is 19.5 Å². The molecule has 7 nitrogen and oxygen atoms in total. The van der Waals surface area contributed by atoms with Crippen molar-refractivity contribution in [3.8, 4) is 11.1 Å². The van der Waals surface area contributed by atoms with Crippen molar-refractivity contribution < 1.29 is 19.1 Å². The highest BCUT2D eigenvalue weighted by atomic mass is 19.1. The van der Waals surface area contributed by atoms with Crippen LogP contribution < -0.4 is 5.56 Å². The average molecular weight is 554 g/mol. The molecular weight excluding hydrogens is 509 g/mol. The second-order valence-electron chi connectivity index (χ2n) is 12.8. The minimum atomic E-state index is -1.29. The fourth-order valence-electron chi connectivity index (χ4n) is 6.47. The van der Waals surface area contributed by atoms with E-state index >= 15 is 0 Å². The van der Waals surface area contributed by atoms with Crippen LogP contribution in [-0.2, 0) is 11.3 Å². The summed E-state index contributed by atoms with van der Waals surface area (Å²) < 4.78 is 16.0. The summed E-state index contributed by atoms with van der Waals surface area (Å²) in [6, 6.07) is 7.32. The summed E-state index contributed by atoms with van der Waals surface area (Å²) in [4.78, 5) is 43.0. The van der Waals surface area contributed by atoms with E-state index in [1.165, 1.54) is 59.9 Å². The summed E-state index contributed by atoms with van der Waals surface area (Å²) in [5.41, 5.74) is -1.86. The molecule has 1 saturated carbocycles. The highest BCUT2D eigenvalue weighted by Crippen LogP contribution is 2.41. The van der Waals surface area contributed by atoms with Crippen molar-refractivity contribution in [1.82, 2.24) is 14.4 Å². The molecule has 2 amide bonds. The smallest absolute Gasteiger partial charge is 0.255 e. The fraction of sp³-hybridized carbons (Fsp3) is 0.594. The molecule has 1 N–H and O–H groups in total. The molecule has 1 aromatic carbocycles. The number of aromatic nitrogens is 1. The quantitative estimate of drug-likeness (QED) is 0.526. The van der Waals surface area contributed by atoms with Crippen molar-refractivity contribution in [2.75, 3.05) is 27.2 Å². The number of likely N-dealkylation sites (tertiary alicyclic amines) is 1. The molecule has 1 aliphatic carbocycles. The van der Waals surface area contributed by atoms with Crippen LogP contribution in [0.2, 0.25) is 0 Å². The molecule has 2 heterocycles. The first-order valence-electron chi connectivity index (χ1n) is 14.6. The number of halogens is 1. The Morgan fingerprint density at radius 1 is 1.12 bits per heavy atom. The normalized spacial score (nSPS) is 22.1. The zero-order valence-electron chi connectivity index (χ0n) is 24.6. The van der Waals surface area contributed by atoms with Gasteiger partial charge in [0.25, 0.3) is 11.5 Å². The maximum absolute atomic E-state index is 14.7. The Labute approximate surface area is 237 Å². The standard InChI is InChI=1S/C32H44FN3O4/c1-22(17-23-11-7-6-8-12-23)29(38)35-16-15-32(40,31(2,3)20-35)21-36-19-26(30(39)34(4)5)25(18-28(36)37)24-13-9-10-14-27(24)33/h9-10,13-14,18-19,22-23,40H,6-8,11-12,15-17,20-21H2,1-5H3/t22-,32-/m1/s1. The molecule has 0 radical (unpaired) electrons. The highest BCUT2D eigenvalue weighted by Gasteiger charge is 2.49. The molecule has 1 aliphatic heterocycles. The van der Waals surface area contributed by atoms with Gasteiger partial charge in [0.15, 0.2) is 0 Å². The molecule has 40 heavy (non-hydrogen) atoms. The fourth-order valence-corrected chi connectivity index (χ4v) is 6.47. The second-order valence-corrected chi connectivity index (χ2v) is 12.8. The summed E-state index contributed by atoms with van der Waals surface area (Å²) in [5, 5.41) is 11.9. The zero-order valence-corrected chi connectivity index (χ0v) is 24.6. The van der Waals surface area contributed by atoms with Crippen LogP contribution in [0.5, 0.6) is 0 Å². The third-order valence-corrected chi connectivity index (χ3v) is 9.14. The first kappa shape index (κ1) is 30.0. The number of benzene rings is 1. The van der Waals surface area contributed by atoms with Gasteiger partial charge in [0, 0.05) is 61.9 Å². The number of carbonyl (C=O) groups excluding carboxylic acids is 2. The molecule has 2 atom stereocenters. The number of rotatable bonds is 7. The van der Waals surface area contributed by atoms with E-state index in [4.69, 9.17) is 0 Å². The Morgan fingerprint density at radius 2 is 1.80 bits per heavy atom. The molecule has 1 saturated heterocycles. The summed E-state index contributed by atoms with van der Waals surface area (Å²) in [5.74, 6) is -0.211. The van der Waals surface area contributed by atoms with E-state index in [1.54, 1.807) is 32.3 Å². The molecule has 218 valence electrons. The summed E-state index contributed by atoms with van der Waals surface area (Å²) in [6.45, 7) is 6.60. The highest BCUT2D eigenvalue weighted by molar-refractivity contribution is 6.00. The second kappa shape index (κ2) is 11.9. The lowest BCUT2D eigenvalue weighted by Gasteiger charge is -2.51. The number of pyridine rings is 1. The van der Waals surface area contributed by atoms with Crippen LogP contribution in [0.3, 0.4) is 0 Å². The monoisotopic (exact) mass is 553 g/mol. The van der Waals surface area contributed by atoms with Crippen molar-refractivity contribution in [3.63, 3.8) is 0 Å². The van der Waals surface area contributed by atoms with Gasteiger partial charge in [0.05, 0.1) is 17.7 Å². The predicted molar refractivity (Wildman–Crippen MR) is 154 cm³/mol. The number of piperidine rings is 1. The minimum absolute atomic E-state index is 0.0379. The first-order valence-corrected chi connectivity index (χ1v) is 14.6. The summed E-state index contributed by atoms with van der Waals surface area (Å²) >= 11 is 0. The summed E-state index contributed by atoms with van der Waals surface area (Å²) in [6.07, 6.45) is 8.83. The molecule has 1 aromatic heterocycles. The third-order valence-electron chi connectivity index (χ3n) is 9.14. The Kier molecular flexibility index (Phi) is 8.88. The Hall–Kier alpha value is -3.00. The summed E-state index contributed by atoms with van der Waals surface area (Å²) in [7, 11) is 3.20. The number of aliphatic hydroxyl groups is 1. The molecule has 8 heteroatoms. The number of hydrogen-bond donors (Lipinski definition) is 1. The van der Waals surface area contributed by atoms with Gasteiger partial charge in [-0.15, -0.1) is 0 Å². The van der Waals surface area contributed by atoms with Gasteiger partial charge in [-0.05, 0) is 24.8 Å². The van der Waals surface area contributed by atoms with E-state index < -0.39 is 22.4 Å². The van der Waals surface area contributed by atoms with Gasteiger partial charge in [-0.3, -0.25) is 14.4 Å². The molecule has 2 aliphatic rings. The topological polar surface area (TPSA) is 82.8 Å². The van der Waals surface area contributed by atoms with Crippen LogP contribution >= 0.6 is 0 Å². The number of carbonyl (C=O) groups is 2. The maximum atomic E-state index is 14.7. The van der Waals surface area contributed by atoms with Gasteiger partial charge in [0.1, 0.15) is 5.82 Å². The van der Waals surface area contributed by atoms with Crippen LogP contribution in [0, 0.1) is 23.1 Å². The molecule has 0 bridgehead atoms. The lowest BCUT2D eigenvalue weighted by atomic mass is 9.69. The Morgan fingerprint density at radius 3 is 2.42 bits per heavy atom. The van der Waals surface area contributed by atoms with Crippen molar-refractivity contribution >= 4 is 11.8 Å². The molecular formula is C32H44FN3O4. The Bertz CT molecular complexity index is 1300. The van der Waals surface area contributed by atoms with Crippen molar-refractivity contribution in [2.45, 2.75) is 77.9 Å². The van der Waals surface area contributed by atoms with Gasteiger partial charge in [-0.1, -0.05) is 71.1 Å². The third kappa shape index (κ3) is 6.17. The van der Waals surface area contributed by atoms with Gasteiger partial charge in [0.2, 0.25) is 5.91 Å². The minimum Gasteiger partial charge on any atom is -0.387 e. The molecule has 0 spiro atoms. The maximum Gasteiger partial charge on any atom is 0.255 e. The van der Waals surface area contributed by atoms with E-state index in [0.29, 0.717) is 25.4 Å². The van der Waals surface area contributed by atoms with E-state index in [2.05, 4.69) is 0 Å². The molecule has 0 unspecified atom stereocenters. The first-order chi connectivity index (χ1) is 18.8. The number of amides is 2. The lowest BCUT2D eigenvalue weighted by molar-refractivity contribution is -0.157. The van der Waals surface area contributed by atoms with Crippen LogP contribution in [0.4, 0.5) is 4.39 Å². The van der Waals surface area contributed by atoms with Crippen LogP contribution in [-0.4, -0.2) is 64.1 Å². The zero-order chi connectivity index (χ0) is 29.2. The largest absolute Gasteiger partial charge is 0.387 e. The van der Waals surface area contributed by atoms with Crippen molar-refractivity contribution in [1.29, 1.82) is 0 Å². The van der Waals surface area contributed by atoms with Crippen molar-refractivity contribution in [3.05, 3.63) is 58.3 Å². The van der Waals surface area contributed by atoms with Crippen LogP contribution in [0.15, 0.2) is 41.3 Å². The lowest BCUT2D eigenvalue weighted by Crippen LogP contribution is -2.61. The molecule has 2 aromatic rings. The predicted octanol–water partition coefficient (Wildman–Crippen LogP) is 4.95. The average Bonchev–Trinajstić information content (AvgIpc) is 2.91. The van der Waals surface area contributed by atoms with Gasteiger partial charge in [-0.2, -0.15) is 0 Å². The van der Waals surface area contributed by atoms with E-state index in [1.807, 2.05) is 25.7 Å². The molecule has 2 fully saturated rings. The number of hydrogen-bond acceptors (Lipinski definition) is 4. The van der Waals surface area contributed by atoms with Gasteiger partial charge in [-0.25, -0.2) is 4.39 Å². The SMILES string of the molecule is C[C@H](CC1CCCCC1)C(=O)N1CC[C@@](O)(Cn2cc(C(=O)N(C)C)c(-c3ccccc3F)cc2=O)C(C)(C)C1. The Balaban J connectivity index is 1.57. The van der Waals surface area contributed by atoms with Gasteiger partial charge >= 0.3 is 0 Å². The number of nitrogens with zero attached hydrogens (tertiary/aromatic N) is 3. The van der Waals surface area contributed by atoms with E-state index in [-0.39, 0.29) is 41.0 Å². The van der Waals surface area contributed by atoms with Crippen LogP contribution in [0.25, 0.3) is 11.1 Å². The molecule has 4 rings (SSSR count). The van der Waals surface area contributed by atoms with Crippen molar-refractivity contribution in [2.24, 2.45) is 17.3 Å². The van der Waals surface area contributed by atoms with Crippen LogP contribution in [0.1, 0.15) is 76.1 Å².